The molecular weight excluding hydrogens is 418 g/mol. The molecule has 0 fully saturated rings. The number of fused-ring (bicyclic) bond motifs is 1. The second-order valence-electron chi connectivity index (χ2n) is 8.02. The van der Waals surface area contributed by atoms with Crippen LogP contribution in [0.15, 0.2) is 47.4 Å². The number of nitrogens with two attached hydrogens (primary N) is 1. The molecule has 4 N–H and O–H groups in total. The number of hydrogen-bond acceptors (Lipinski definition) is 7. The van der Waals surface area contributed by atoms with E-state index in [9.17, 15) is 9.59 Å². The molecule has 1 atom stereocenters. The van der Waals surface area contributed by atoms with Crippen molar-refractivity contribution in [3.05, 3.63) is 81.2 Å². The summed E-state index contributed by atoms with van der Waals surface area (Å²) in [6, 6.07) is 12.7. The van der Waals surface area contributed by atoms with Gasteiger partial charge in [-0.2, -0.15) is 5.26 Å². The molecule has 1 amide bonds. The van der Waals surface area contributed by atoms with E-state index in [-0.39, 0.29) is 11.5 Å². The van der Waals surface area contributed by atoms with E-state index < -0.39 is 6.04 Å². The van der Waals surface area contributed by atoms with Crippen molar-refractivity contribution < 1.29 is 4.79 Å². The van der Waals surface area contributed by atoms with Crippen LogP contribution in [0.1, 0.15) is 40.7 Å². The third-order valence-electron chi connectivity index (χ3n) is 5.75. The Bertz CT molecular complexity index is 1290. The molecule has 9 nitrogen and oxygen atoms in total. The van der Waals surface area contributed by atoms with E-state index in [1.165, 1.54) is 10.8 Å². The van der Waals surface area contributed by atoms with Gasteiger partial charge in [0.05, 0.1) is 18.7 Å². The van der Waals surface area contributed by atoms with E-state index >= 15 is 0 Å². The quantitative estimate of drug-likeness (QED) is 0.508. The zero-order chi connectivity index (χ0) is 23.4. The lowest BCUT2D eigenvalue weighted by Crippen LogP contribution is -2.36. The number of carbonyl (C=O) groups excluding carboxylic acids is 1. The molecule has 33 heavy (non-hydrogen) atoms. The number of nitriles is 1. The third-order valence-corrected chi connectivity index (χ3v) is 5.75. The highest BCUT2D eigenvalue weighted by Crippen LogP contribution is 2.23. The SMILES string of the molecule is Cc1nc(N)ccc1CNC(=O)[C@@H]1CCc2ncc(NCc3cccc(CC#N)c3)c(=O)n21. The summed E-state index contributed by atoms with van der Waals surface area (Å²) in [6.07, 6.45) is 2.94. The summed E-state index contributed by atoms with van der Waals surface area (Å²) < 4.78 is 1.48. The van der Waals surface area contributed by atoms with Gasteiger partial charge in [0.1, 0.15) is 23.4 Å². The molecule has 4 rings (SSSR count). The van der Waals surface area contributed by atoms with Crippen LogP contribution < -0.4 is 21.9 Å². The van der Waals surface area contributed by atoms with Crippen molar-refractivity contribution in [1.82, 2.24) is 19.9 Å². The number of nitrogens with zero attached hydrogens (tertiary/aromatic N) is 4. The van der Waals surface area contributed by atoms with Crippen molar-refractivity contribution in [1.29, 1.82) is 5.26 Å². The maximum Gasteiger partial charge on any atom is 0.277 e. The van der Waals surface area contributed by atoms with E-state index in [4.69, 9.17) is 11.0 Å². The van der Waals surface area contributed by atoms with Crippen molar-refractivity contribution in [3.8, 4) is 6.07 Å². The Morgan fingerprint density at radius 1 is 1.27 bits per heavy atom. The number of amides is 1. The number of nitrogens with one attached hydrogen (secondary N) is 2. The topological polar surface area (TPSA) is 139 Å². The largest absolute Gasteiger partial charge is 0.384 e. The van der Waals surface area contributed by atoms with Gasteiger partial charge in [-0.05, 0) is 36.1 Å². The molecular formula is C24H25N7O2. The zero-order valence-corrected chi connectivity index (χ0v) is 18.3. The molecule has 0 radical (unpaired) electrons. The lowest BCUT2D eigenvalue weighted by molar-refractivity contribution is -0.124. The van der Waals surface area contributed by atoms with Gasteiger partial charge in [0.25, 0.3) is 5.56 Å². The average molecular weight is 444 g/mol. The lowest BCUT2D eigenvalue weighted by atomic mass is 10.1. The minimum absolute atomic E-state index is 0.227. The first-order valence-electron chi connectivity index (χ1n) is 10.7. The molecule has 2 aromatic heterocycles. The number of anilines is 2. The van der Waals surface area contributed by atoms with Crippen LogP contribution in [0.4, 0.5) is 11.5 Å². The van der Waals surface area contributed by atoms with Gasteiger partial charge in [0, 0.05) is 25.2 Å². The fourth-order valence-corrected chi connectivity index (χ4v) is 4.01. The van der Waals surface area contributed by atoms with E-state index in [2.05, 4.69) is 26.7 Å². The van der Waals surface area contributed by atoms with Gasteiger partial charge in [-0.15, -0.1) is 0 Å². The van der Waals surface area contributed by atoms with Gasteiger partial charge in [-0.3, -0.25) is 14.2 Å². The number of hydrogen-bond donors (Lipinski definition) is 3. The Labute approximate surface area is 191 Å². The maximum absolute atomic E-state index is 13.1. The molecule has 3 aromatic rings. The minimum atomic E-state index is -0.609. The molecule has 1 aromatic carbocycles. The molecule has 0 bridgehead atoms. The van der Waals surface area contributed by atoms with Crippen LogP contribution in [0.5, 0.6) is 0 Å². The number of benzene rings is 1. The molecule has 168 valence electrons. The van der Waals surface area contributed by atoms with Crippen molar-refractivity contribution in [2.24, 2.45) is 0 Å². The van der Waals surface area contributed by atoms with E-state index in [0.717, 1.165) is 22.4 Å². The van der Waals surface area contributed by atoms with Crippen LogP contribution in [0.3, 0.4) is 0 Å². The second kappa shape index (κ2) is 9.53. The normalized spacial score (nSPS) is 14.4. The van der Waals surface area contributed by atoms with E-state index in [1.54, 1.807) is 6.07 Å². The van der Waals surface area contributed by atoms with E-state index in [0.29, 0.717) is 49.7 Å². The highest BCUT2D eigenvalue weighted by Gasteiger charge is 2.31. The summed E-state index contributed by atoms with van der Waals surface area (Å²) in [7, 11) is 0. The predicted molar refractivity (Wildman–Crippen MR) is 124 cm³/mol. The summed E-state index contributed by atoms with van der Waals surface area (Å²) in [6.45, 7) is 2.56. The smallest absolute Gasteiger partial charge is 0.277 e. The first kappa shape index (κ1) is 22.0. The van der Waals surface area contributed by atoms with Crippen molar-refractivity contribution >= 4 is 17.4 Å². The highest BCUT2D eigenvalue weighted by molar-refractivity contribution is 5.81. The number of pyridine rings is 1. The highest BCUT2D eigenvalue weighted by atomic mass is 16.2. The van der Waals surface area contributed by atoms with Crippen molar-refractivity contribution in [2.45, 2.75) is 45.3 Å². The summed E-state index contributed by atoms with van der Waals surface area (Å²) in [5.74, 6) is 0.809. The Morgan fingerprint density at radius 3 is 2.88 bits per heavy atom. The first-order chi connectivity index (χ1) is 16.0. The second-order valence-corrected chi connectivity index (χ2v) is 8.02. The standard InChI is InChI=1S/C24H25N7O2/c1-15-18(5-7-21(26)30-15)13-29-23(32)20-6-8-22-28-14-19(24(33)31(20)22)27-12-17-4-2-3-16(11-17)9-10-25/h2-5,7,11,14,20,27H,6,8-9,12-13H2,1H3,(H2,26,30)(H,29,32)/t20-/m0/s1. The number of aromatic nitrogens is 3. The van der Waals surface area contributed by atoms with Gasteiger partial charge >= 0.3 is 0 Å². The van der Waals surface area contributed by atoms with Gasteiger partial charge < -0.3 is 16.4 Å². The molecule has 0 saturated heterocycles. The van der Waals surface area contributed by atoms with Gasteiger partial charge in [-0.25, -0.2) is 9.97 Å². The molecule has 0 spiro atoms. The van der Waals surface area contributed by atoms with Crippen LogP contribution >= 0.6 is 0 Å². The molecule has 1 aliphatic rings. The summed E-state index contributed by atoms with van der Waals surface area (Å²) in [4.78, 5) is 34.7. The number of nitrogen functional groups attached to an aromatic ring is 1. The Morgan fingerprint density at radius 2 is 2.09 bits per heavy atom. The van der Waals surface area contributed by atoms with Crippen molar-refractivity contribution in [3.63, 3.8) is 0 Å². The molecule has 0 aliphatic carbocycles. The fraction of sp³-hybridized carbons (Fsp3) is 0.292. The molecule has 3 heterocycles. The van der Waals surface area contributed by atoms with Gasteiger partial charge in [-0.1, -0.05) is 30.3 Å². The van der Waals surface area contributed by atoms with Crippen molar-refractivity contribution in [2.75, 3.05) is 11.1 Å². The number of aryl methyl sites for hydroxylation is 2. The van der Waals surface area contributed by atoms with Crippen LogP contribution in [-0.2, 0) is 30.7 Å². The minimum Gasteiger partial charge on any atom is -0.384 e. The van der Waals surface area contributed by atoms with Crippen LogP contribution in [0.25, 0.3) is 0 Å². The average Bonchev–Trinajstić information content (AvgIpc) is 3.24. The number of carbonyl (C=O) groups is 1. The van der Waals surface area contributed by atoms with Gasteiger partial charge in [0.15, 0.2) is 0 Å². The van der Waals surface area contributed by atoms with Gasteiger partial charge in [0.2, 0.25) is 5.91 Å². The lowest BCUT2D eigenvalue weighted by Gasteiger charge is -2.16. The van der Waals surface area contributed by atoms with Crippen LogP contribution in [-0.4, -0.2) is 20.4 Å². The molecule has 1 aliphatic heterocycles. The first-order valence-corrected chi connectivity index (χ1v) is 10.7. The summed E-state index contributed by atoms with van der Waals surface area (Å²) in [5, 5.41) is 14.9. The Hall–Kier alpha value is -4.19. The van der Waals surface area contributed by atoms with E-state index in [1.807, 2.05) is 37.3 Å². The summed E-state index contributed by atoms with van der Waals surface area (Å²) >= 11 is 0. The maximum atomic E-state index is 13.1. The Balaban J connectivity index is 1.47. The Kier molecular flexibility index (Phi) is 6.36. The third kappa shape index (κ3) is 4.85. The van der Waals surface area contributed by atoms with Crippen LogP contribution in [0, 0.1) is 18.3 Å². The monoisotopic (exact) mass is 443 g/mol. The predicted octanol–water partition coefficient (Wildman–Crippen LogP) is 2.01. The summed E-state index contributed by atoms with van der Waals surface area (Å²) in [5.41, 5.74) is 9.26. The fourth-order valence-electron chi connectivity index (χ4n) is 4.01. The molecule has 0 saturated carbocycles. The zero-order valence-electron chi connectivity index (χ0n) is 18.3. The van der Waals surface area contributed by atoms with Crippen LogP contribution in [0.2, 0.25) is 0 Å². The molecule has 9 heteroatoms. The molecule has 0 unspecified atom stereocenters. The number of rotatable bonds is 7.